The van der Waals surface area contributed by atoms with Crippen LogP contribution in [0.4, 0.5) is 0 Å². The molecule has 1 aliphatic heterocycles. The van der Waals surface area contributed by atoms with E-state index in [9.17, 15) is 14.4 Å². The van der Waals surface area contributed by atoms with E-state index >= 15 is 0 Å². The number of ether oxygens (including phenoxy) is 2. The zero-order valence-corrected chi connectivity index (χ0v) is 15.1. The topological polar surface area (TPSA) is 98.9 Å². The van der Waals surface area contributed by atoms with Crippen LogP contribution in [0.3, 0.4) is 0 Å². The van der Waals surface area contributed by atoms with E-state index in [1.807, 2.05) is 0 Å². The molecule has 0 spiro atoms. The maximum absolute atomic E-state index is 12.3. The van der Waals surface area contributed by atoms with Gasteiger partial charge in [0.25, 0.3) is 5.91 Å². The van der Waals surface area contributed by atoms with Crippen LogP contribution in [0.15, 0.2) is 24.3 Å². The molecule has 142 valence electrons. The van der Waals surface area contributed by atoms with Crippen molar-refractivity contribution in [2.24, 2.45) is 5.73 Å². The molecule has 1 aromatic carbocycles. The Bertz CT molecular complexity index is 629. The summed E-state index contributed by atoms with van der Waals surface area (Å²) >= 11 is 0. The second kappa shape index (κ2) is 9.79. The molecule has 1 atom stereocenters. The highest BCUT2D eigenvalue weighted by molar-refractivity contribution is 5.92. The van der Waals surface area contributed by atoms with Gasteiger partial charge < -0.3 is 20.1 Å². The van der Waals surface area contributed by atoms with E-state index in [2.05, 4.69) is 6.92 Å². The number of carbonyl (C=O) groups excluding carboxylic acids is 3. The molecule has 1 fully saturated rings. The van der Waals surface area contributed by atoms with Crippen LogP contribution in [0.5, 0.6) is 5.75 Å². The lowest BCUT2D eigenvalue weighted by Crippen LogP contribution is -2.51. The number of benzene rings is 1. The van der Waals surface area contributed by atoms with Gasteiger partial charge in [0.05, 0.1) is 12.2 Å². The molecule has 1 saturated heterocycles. The second-order valence-electron chi connectivity index (χ2n) is 6.30. The molecule has 0 aromatic heterocycles. The molecule has 26 heavy (non-hydrogen) atoms. The van der Waals surface area contributed by atoms with Crippen molar-refractivity contribution >= 4 is 17.8 Å². The fourth-order valence-corrected chi connectivity index (χ4v) is 2.84. The van der Waals surface area contributed by atoms with Crippen molar-refractivity contribution in [2.45, 2.75) is 45.1 Å². The fourth-order valence-electron chi connectivity index (χ4n) is 2.84. The lowest BCUT2D eigenvalue weighted by atomic mass is 10.0. The van der Waals surface area contributed by atoms with Crippen LogP contribution in [0.25, 0.3) is 0 Å². The zero-order chi connectivity index (χ0) is 18.9. The number of likely N-dealkylation sites (tertiary alicyclic amines) is 1. The first-order chi connectivity index (χ1) is 12.5. The largest absolute Gasteiger partial charge is 0.494 e. The molecule has 0 radical (unpaired) electrons. The van der Waals surface area contributed by atoms with Crippen LogP contribution >= 0.6 is 0 Å². The minimum absolute atomic E-state index is 0.339. The predicted octanol–water partition coefficient (Wildman–Crippen LogP) is 1.89. The SMILES string of the molecule is CCCCOc1ccc(C(=O)OCC(=O)N2CCCC[C@@H]2C(N)=O)cc1. The lowest BCUT2D eigenvalue weighted by molar-refractivity contribution is -0.143. The minimum Gasteiger partial charge on any atom is -0.494 e. The van der Waals surface area contributed by atoms with Gasteiger partial charge in [-0.05, 0) is 49.9 Å². The molecule has 2 rings (SSSR count). The van der Waals surface area contributed by atoms with Crippen molar-refractivity contribution in [3.05, 3.63) is 29.8 Å². The number of nitrogens with two attached hydrogens (primary N) is 1. The van der Waals surface area contributed by atoms with E-state index < -0.39 is 30.4 Å². The van der Waals surface area contributed by atoms with E-state index in [-0.39, 0.29) is 0 Å². The van der Waals surface area contributed by atoms with Crippen LogP contribution in [0, 0.1) is 0 Å². The summed E-state index contributed by atoms with van der Waals surface area (Å²) in [6.07, 6.45) is 4.22. The summed E-state index contributed by atoms with van der Waals surface area (Å²) in [5.74, 6) is -0.834. The zero-order valence-electron chi connectivity index (χ0n) is 15.1. The van der Waals surface area contributed by atoms with Gasteiger partial charge in [-0.15, -0.1) is 0 Å². The number of rotatable bonds is 8. The second-order valence-corrected chi connectivity index (χ2v) is 6.30. The number of esters is 1. The Balaban J connectivity index is 1.85. The highest BCUT2D eigenvalue weighted by atomic mass is 16.5. The van der Waals surface area contributed by atoms with E-state index in [4.69, 9.17) is 15.2 Å². The maximum atomic E-state index is 12.3. The van der Waals surface area contributed by atoms with Gasteiger partial charge >= 0.3 is 5.97 Å². The molecule has 0 saturated carbocycles. The molecular formula is C19H26N2O5. The Kier molecular flexibility index (Phi) is 7.44. The van der Waals surface area contributed by atoms with Gasteiger partial charge in [0.2, 0.25) is 5.91 Å². The van der Waals surface area contributed by atoms with Crippen molar-refractivity contribution in [3.63, 3.8) is 0 Å². The molecule has 1 aliphatic rings. The summed E-state index contributed by atoms with van der Waals surface area (Å²) in [5, 5.41) is 0. The van der Waals surface area contributed by atoms with E-state index in [0.717, 1.165) is 25.7 Å². The monoisotopic (exact) mass is 362 g/mol. The molecular weight excluding hydrogens is 336 g/mol. The van der Waals surface area contributed by atoms with Crippen molar-refractivity contribution in [2.75, 3.05) is 19.8 Å². The number of primary amides is 1. The smallest absolute Gasteiger partial charge is 0.338 e. The quantitative estimate of drug-likeness (QED) is 0.562. The highest BCUT2D eigenvalue weighted by Gasteiger charge is 2.31. The molecule has 1 heterocycles. The predicted molar refractivity (Wildman–Crippen MR) is 95.7 cm³/mol. The number of amides is 2. The van der Waals surface area contributed by atoms with E-state index in [0.29, 0.717) is 30.9 Å². The third-order valence-corrected chi connectivity index (χ3v) is 4.33. The number of unbranched alkanes of at least 4 members (excludes halogenated alkanes) is 1. The Hall–Kier alpha value is -2.57. The third kappa shape index (κ3) is 5.47. The minimum atomic E-state index is -0.616. The van der Waals surface area contributed by atoms with E-state index in [1.165, 1.54) is 4.90 Å². The molecule has 1 aromatic rings. The first-order valence-corrected chi connectivity index (χ1v) is 9.01. The number of piperidine rings is 1. The average Bonchev–Trinajstić information content (AvgIpc) is 2.66. The Labute approximate surface area is 153 Å². The van der Waals surface area contributed by atoms with Crippen LogP contribution < -0.4 is 10.5 Å². The number of hydrogen-bond donors (Lipinski definition) is 1. The molecule has 7 nitrogen and oxygen atoms in total. The molecule has 2 N–H and O–H groups in total. The van der Waals surface area contributed by atoms with Crippen molar-refractivity contribution in [1.82, 2.24) is 4.90 Å². The first kappa shape index (κ1) is 19.8. The van der Waals surface area contributed by atoms with Gasteiger partial charge in [-0.25, -0.2) is 4.79 Å². The summed E-state index contributed by atoms with van der Waals surface area (Å²) in [5.41, 5.74) is 5.69. The Morgan fingerprint density at radius 3 is 2.58 bits per heavy atom. The molecule has 0 unspecified atom stereocenters. The normalized spacial score (nSPS) is 16.8. The molecule has 0 aliphatic carbocycles. The summed E-state index contributed by atoms with van der Waals surface area (Å²) in [6, 6.07) is 5.97. The van der Waals surface area contributed by atoms with Crippen molar-refractivity contribution < 1.29 is 23.9 Å². The maximum Gasteiger partial charge on any atom is 0.338 e. The van der Waals surface area contributed by atoms with Crippen LogP contribution in [0.2, 0.25) is 0 Å². The van der Waals surface area contributed by atoms with Crippen LogP contribution in [0.1, 0.15) is 49.4 Å². The van der Waals surface area contributed by atoms with Gasteiger partial charge in [0, 0.05) is 6.54 Å². The van der Waals surface area contributed by atoms with Gasteiger partial charge in [-0.1, -0.05) is 13.3 Å². The van der Waals surface area contributed by atoms with Crippen molar-refractivity contribution in [1.29, 1.82) is 0 Å². The number of hydrogen-bond acceptors (Lipinski definition) is 5. The first-order valence-electron chi connectivity index (χ1n) is 9.01. The Morgan fingerprint density at radius 1 is 1.19 bits per heavy atom. The van der Waals surface area contributed by atoms with Crippen molar-refractivity contribution in [3.8, 4) is 5.75 Å². The summed E-state index contributed by atoms with van der Waals surface area (Å²) in [7, 11) is 0. The fraction of sp³-hybridized carbons (Fsp3) is 0.526. The highest BCUT2D eigenvalue weighted by Crippen LogP contribution is 2.17. The van der Waals surface area contributed by atoms with Gasteiger partial charge in [-0.3, -0.25) is 9.59 Å². The summed E-state index contributed by atoms with van der Waals surface area (Å²) in [4.78, 5) is 37.2. The molecule has 0 bridgehead atoms. The van der Waals surface area contributed by atoms with Gasteiger partial charge in [-0.2, -0.15) is 0 Å². The third-order valence-electron chi connectivity index (χ3n) is 4.33. The number of carbonyl (C=O) groups is 3. The molecule has 7 heteroatoms. The molecule has 2 amide bonds. The lowest BCUT2D eigenvalue weighted by Gasteiger charge is -2.33. The summed E-state index contributed by atoms with van der Waals surface area (Å²) in [6.45, 7) is 2.76. The van der Waals surface area contributed by atoms with Gasteiger partial charge in [0.1, 0.15) is 11.8 Å². The van der Waals surface area contributed by atoms with E-state index in [1.54, 1.807) is 24.3 Å². The standard InChI is InChI=1S/C19H26N2O5/c1-2-3-12-25-15-9-7-14(8-10-15)19(24)26-13-17(22)21-11-5-4-6-16(21)18(20)23/h7-10,16H,2-6,11-13H2,1H3,(H2,20,23)/t16-/m1/s1. The average molecular weight is 362 g/mol. The van der Waals surface area contributed by atoms with Crippen LogP contribution in [-0.2, 0) is 14.3 Å². The summed E-state index contributed by atoms with van der Waals surface area (Å²) < 4.78 is 10.6. The number of nitrogens with zero attached hydrogens (tertiary/aromatic N) is 1. The van der Waals surface area contributed by atoms with Crippen LogP contribution in [-0.4, -0.2) is 48.5 Å². The van der Waals surface area contributed by atoms with Gasteiger partial charge in [0.15, 0.2) is 6.61 Å². The Morgan fingerprint density at radius 2 is 1.92 bits per heavy atom.